The van der Waals surface area contributed by atoms with E-state index in [0.717, 1.165) is 11.1 Å². The van der Waals surface area contributed by atoms with Crippen LogP contribution in [0.1, 0.15) is 17.5 Å². The molecule has 0 aliphatic heterocycles. The minimum atomic E-state index is -3.44. The van der Waals surface area contributed by atoms with Crippen LogP contribution in [0, 0.1) is 6.92 Å². The quantitative estimate of drug-likeness (QED) is 0.742. The first kappa shape index (κ1) is 16.1. The Morgan fingerprint density at radius 1 is 1.42 bits per heavy atom. The molecule has 6 heteroatoms. The Hall–Kier alpha value is -0.950. The van der Waals surface area contributed by atoms with Crippen LogP contribution in [0.25, 0.3) is 0 Å². The highest BCUT2D eigenvalue weighted by molar-refractivity contribution is 7.88. The first-order chi connectivity index (χ1) is 8.96. The molecule has 0 saturated carbocycles. The number of aliphatic hydroxyl groups excluding tert-OH is 1. The summed E-state index contributed by atoms with van der Waals surface area (Å²) in [4.78, 5) is 0. The highest BCUT2D eigenvalue weighted by Crippen LogP contribution is 2.08. The summed E-state index contributed by atoms with van der Waals surface area (Å²) in [5, 5.41) is 8.90. The molecule has 5 nitrogen and oxygen atoms in total. The van der Waals surface area contributed by atoms with Gasteiger partial charge in [0.05, 0.1) is 12.4 Å². The lowest BCUT2D eigenvalue weighted by Gasteiger charge is -2.17. The molecule has 1 atom stereocenters. The number of sulfonamides is 1. The van der Waals surface area contributed by atoms with Crippen molar-refractivity contribution in [1.82, 2.24) is 4.72 Å². The third-order valence-corrected chi connectivity index (χ3v) is 4.04. The van der Waals surface area contributed by atoms with Crippen LogP contribution in [0.15, 0.2) is 24.3 Å². The molecule has 0 fully saturated rings. The van der Waals surface area contributed by atoms with Crippen molar-refractivity contribution < 1.29 is 18.3 Å². The van der Waals surface area contributed by atoms with E-state index in [2.05, 4.69) is 4.72 Å². The summed E-state index contributed by atoms with van der Waals surface area (Å²) < 4.78 is 31.5. The minimum absolute atomic E-state index is 0.0691. The van der Waals surface area contributed by atoms with E-state index in [1.807, 2.05) is 25.1 Å². The SMILES string of the molecule is COC[C@H](CCO)NS(=O)(=O)Cc1cccc(C)c1. The molecule has 0 radical (unpaired) electrons. The van der Waals surface area contributed by atoms with E-state index < -0.39 is 16.1 Å². The Kier molecular flexibility index (Phi) is 6.44. The maximum atomic E-state index is 12.0. The molecule has 0 bridgehead atoms. The predicted molar refractivity (Wildman–Crippen MR) is 74.3 cm³/mol. The second-order valence-corrected chi connectivity index (χ2v) is 6.28. The molecule has 0 unspecified atom stereocenters. The average molecular weight is 287 g/mol. The number of nitrogens with one attached hydrogen (secondary N) is 1. The van der Waals surface area contributed by atoms with Crippen molar-refractivity contribution in [3.8, 4) is 0 Å². The lowest BCUT2D eigenvalue weighted by Crippen LogP contribution is -2.39. The Balaban J connectivity index is 2.69. The van der Waals surface area contributed by atoms with Crippen LogP contribution in [0.5, 0.6) is 0 Å². The van der Waals surface area contributed by atoms with Crippen LogP contribution < -0.4 is 4.72 Å². The summed E-state index contributed by atoms with van der Waals surface area (Å²) in [5.74, 6) is -0.0691. The smallest absolute Gasteiger partial charge is 0.216 e. The van der Waals surface area contributed by atoms with Crippen molar-refractivity contribution in [2.45, 2.75) is 25.1 Å². The Labute approximate surface area is 114 Å². The Morgan fingerprint density at radius 2 is 2.16 bits per heavy atom. The van der Waals surface area contributed by atoms with Gasteiger partial charge < -0.3 is 9.84 Å². The van der Waals surface area contributed by atoms with Crippen LogP contribution in [0.4, 0.5) is 0 Å². The predicted octanol–water partition coefficient (Wildman–Crippen LogP) is 0.812. The van der Waals surface area contributed by atoms with Gasteiger partial charge in [-0.1, -0.05) is 29.8 Å². The summed E-state index contributed by atoms with van der Waals surface area (Å²) in [7, 11) is -1.94. The molecule has 0 saturated heterocycles. The van der Waals surface area contributed by atoms with E-state index in [-0.39, 0.29) is 19.0 Å². The number of hydrogen-bond acceptors (Lipinski definition) is 4. The zero-order valence-corrected chi connectivity index (χ0v) is 12.1. The van der Waals surface area contributed by atoms with Gasteiger partial charge in [0.25, 0.3) is 0 Å². The summed E-state index contributed by atoms with van der Waals surface area (Å²) >= 11 is 0. The molecule has 108 valence electrons. The van der Waals surface area contributed by atoms with E-state index in [0.29, 0.717) is 6.42 Å². The van der Waals surface area contributed by atoms with Gasteiger partial charge in [-0.2, -0.15) is 0 Å². The van der Waals surface area contributed by atoms with Gasteiger partial charge >= 0.3 is 0 Å². The molecular weight excluding hydrogens is 266 g/mol. The first-order valence-electron chi connectivity index (χ1n) is 6.12. The van der Waals surface area contributed by atoms with Crippen molar-refractivity contribution in [1.29, 1.82) is 0 Å². The van der Waals surface area contributed by atoms with Crippen molar-refractivity contribution >= 4 is 10.0 Å². The zero-order chi connectivity index (χ0) is 14.3. The zero-order valence-electron chi connectivity index (χ0n) is 11.3. The average Bonchev–Trinajstić information content (AvgIpc) is 2.28. The number of ether oxygens (including phenoxy) is 1. The van der Waals surface area contributed by atoms with Gasteiger partial charge in [-0.05, 0) is 18.9 Å². The monoisotopic (exact) mass is 287 g/mol. The Bertz CT molecular complexity index is 481. The molecule has 0 spiro atoms. The maximum Gasteiger partial charge on any atom is 0.216 e. The highest BCUT2D eigenvalue weighted by atomic mass is 32.2. The van der Waals surface area contributed by atoms with Gasteiger partial charge in [0.15, 0.2) is 0 Å². The second kappa shape index (κ2) is 7.59. The van der Waals surface area contributed by atoms with Crippen LogP contribution >= 0.6 is 0 Å². The van der Waals surface area contributed by atoms with Crippen LogP contribution in [-0.4, -0.2) is 39.9 Å². The van der Waals surface area contributed by atoms with E-state index in [1.54, 1.807) is 6.07 Å². The maximum absolute atomic E-state index is 12.0. The van der Waals surface area contributed by atoms with Gasteiger partial charge in [0.2, 0.25) is 10.0 Å². The summed E-state index contributed by atoms with van der Waals surface area (Å²) in [6, 6.07) is 6.98. The summed E-state index contributed by atoms with van der Waals surface area (Å²) in [6.45, 7) is 2.08. The Morgan fingerprint density at radius 3 is 2.74 bits per heavy atom. The van der Waals surface area contributed by atoms with E-state index in [4.69, 9.17) is 9.84 Å². The molecule has 0 aliphatic carbocycles. The molecule has 0 heterocycles. The number of rotatable bonds is 8. The van der Waals surface area contributed by atoms with Crippen LogP contribution in [0.3, 0.4) is 0 Å². The molecule has 2 N–H and O–H groups in total. The topological polar surface area (TPSA) is 75.6 Å². The van der Waals surface area contributed by atoms with E-state index in [1.165, 1.54) is 7.11 Å². The number of benzene rings is 1. The number of aryl methyl sites for hydroxylation is 1. The van der Waals surface area contributed by atoms with E-state index >= 15 is 0 Å². The fourth-order valence-corrected chi connectivity index (χ4v) is 3.25. The highest BCUT2D eigenvalue weighted by Gasteiger charge is 2.18. The molecular formula is C13H21NO4S. The standard InChI is InChI=1S/C13H21NO4S/c1-11-4-3-5-12(8-11)10-19(16,17)14-13(6-7-15)9-18-2/h3-5,8,13-15H,6-7,9-10H2,1-2H3/t13-/m0/s1. The van der Waals surface area contributed by atoms with Gasteiger partial charge in [0, 0.05) is 19.8 Å². The van der Waals surface area contributed by atoms with Crippen molar-refractivity contribution in [2.75, 3.05) is 20.3 Å². The second-order valence-electron chi connectivity index (χ2n) is 4.53. The fraction of sp³-hybridized carbons (Fsp3) is 0.538. The lowest BCUT2D eigenvalue weighted by atomic mass is 10.2. The van der Waals surface area contributed by atoms with Crippen molar-refractivity contribution in [2.24, 2.45) is 0 Å². The lowest BCUT2D eigenvalue weighted by molar-refractivity contribution is 0.158. The molecule has 0 aromatic heterocycles. The minimum Gasteiger partial charge on any atom is -0.396 e. The largest absolute Gasteiger partial charge is 0.396 e. The van der Waals surface area contributed by atoms with Crippen LogP contribution in [-0.2, 0) is 20.5 Å². The number of aliphatic hydroxyl groups is 1. The van der Waals surface area contributed by atoms with Gasteiger partial charge in [-0.25, -0.2) is 13.1 Å². The van der Waals surface area contributed by atoms with E-state index in [9.17, 15) is 8.42 Å². The molecule has 1 rings (SSSR count). The van der Waals surface area contributed by atoms with Crippen molar-refractivity contribution in [3.63, 3.8) is 0 Å². The molecule has 1 aromatic rings. The summed E-state index contributed by atoms with van der Waals surface area (Å²) in [6.07, 6.45) is 0.334. The fourth-order valence-electron chi connectivity index (χ4n) is 1.85. The van der Waals surface area contributed by atoms with Gasteiger partial charge in [0.1, 0.15) is 0 Å². The molecule has 19 heavy (non-hydrogen) atoms. The third-order valence-electron chi connectivity index (χ3n) is 2.63. The first-order valence-corrected chi connectivity index (χ1v) is 7.77. The molecule has 1 aromatic carbocycles. The van der Waals surface area contributed by atoms with Crippen LogP contribution in [0.2, 0.25) is 0 Å². The molecule has 0 amide bonds. The van der Waals surface area contributed by atoms with Gasteiger partial charge in [-0.3, -0.25) is 0 Å². The number of hydrogen-bond donors (Lipinski definition) is 2. The third kappa shape index (κ3) is 6.15. The number of methoxy groups -OCH3 is 1. The summed E-state index contributed by atoms with van der Waals surface area (Å²) in [5.41, 5.74) is 1.77. The molecule has 0 aliphatic rings. The van der Waals surface area contributed by atoms with Gasteiger partial charge in [-0.15, -0.1) is 0 Å². The normalized spacial score (nSPS) is 13.4. The van der Waals surface area contributed by atoms with Crippen molar-refractivity contribution in [3.05, 3.63) is 35.4 Å².